The highest BCUT2D eigenvalue weighted by molar-refractivity contribution is 5.78. The Morgan fingerprint density at radius 3 is 2.30 bits per heavy atom. The quantitative estimate of drug-likeness (QED) is 0.554. The van der Waals surface area contributed by atoms with Crippen molar-refractivity contribution in [3.63, 3.8) is 0 Å². The van der Waals surface area contributed by atoms with Gasteiger partial charge in [0.2, 0.25) is 5.91 Å². The Kier molecular flexibility index (Phi) is 5.15. The zero-order valence-electron chi connectivity index (χ0n) is 11.3. The molecular formula is C16H19N3O. The average molecular weight is 269 g/mol. The molecule has 0 aliphatic rings. The molecule has 0 saturated heterocycles. The van der Waals surface area contributed by atoms with Crippen LogP contribution in [-0.2, 0) is 17.6 Å². The van der Waals surface area contributed by atoms with Gasteiger partial charge < -0.3 is 10.7 Å². The molecule has 4 heteroatoms. The van der Waals surface area contributed by atoms with Crippen LogP contribution in [-0.4, -0.2) is 12.5 Å². The largest absolute Gasteiger partial charge is 0.355 e. The first kappa shape index (κ1) is 14.1. The minimum absolute atomic E-state index is 0.0523. The van der Waals surface area contributed by atoms with E-state index in [4.69, 9.17) is 5.84 Å². The van der Waals surface area contributed by atoms with Crippen LogP contribution in [0.15, 0.2) is 54.6 Å². The summed E-state index contributed by atoms with van der Waals surface area (Å²) in [7, 11) is 0. The molecule has 0 aliphatic carbocycles. The van der Waals surface area contributed by atoms with Gasteiger partial charge in [-0.1, -0.05) is 42.5 Å². The van der Waals surface area contributed by atoms with Gasteiger partial charge >= 0.3 is 0 Å². The summed E-state index contributed by atoms with van der Waals surface area (Å²) in [6.45, 7) is 0.640. The standard InChI is InChI=1S/C16H19N3O/c17-19-15-8-6-13(7-9-15)10-11-18-16(20)12-14-4-2-1-3-5-14/h1-9,19H,10-12,17H2,(H,18,20). The zero-order valence-corrected chi connectivity index (χ0v) is 11.3. The summed E-state index contributed by atoms with van der Waals surface area (Å²) in [5.41, 5.74) is 5.66. The smallest absolute Gasteiger partial charge is 0.224 e. The lowest BCUT2D eigenvalue weighted by Crippen LogP contribution is -2.27. The van der Waals surface area contributed by atoms with Crippen molar-refractivity contribution < 1.29 is 4.79 Å². The molecular weight excluding hydrogens is 250 g/mol. The highest BCUT2D eigenvalue weighted by Gasteiger charge is 2.02. The topological polar surface area (TPSA) is 67.2 Å². The zero-order chi connectivity index (χ0) is 14.2. The van der Waals surface area contributed by atoms with Crippen molar-refractivity contribution in [3.05, 3.63) is 65.7 Å². The molecule has 20 heavy (non-hydrogen) atoms. The van der Waals surface area contributed by atoms with E-state index in [0.29, 0.717) is 13.0 Å². The summed E-state index contributed by atoms with van der Waals surface area (Å²) in [4.78, 5) is 11.8. The summed E-state index contributed by atoms with van der Waals surface area (Å²) < 4.78 is 0. The van der Waals surface area contributed by atoms with Gasteiger partial charge in [0.1, 0.15) is 0 Å². The Morgan fingerprint density at radius 1 is 0.950 bits per heavy atom. The predicted molar refractivity (Wildman–Crippen MR) is 81.1 cm³/mol. The molecule has 0 unspecified atom stereocenters. The van der Waals surface area contributed by atoms with E-state index in [9.17, 15) is 4.79 Å². The third-order valence-electron chi connectivity index (χ3n) is 3.06. The maximum atomic E-state index is 11.8. The molecule has 104 valence electrons. The molecule has 0 spiro atoms. The van der Waals surface area contributed by atoms with E-state index in [1.54, 1.807) is 0 Å². The molecule has 0 fully saturated rings. The first-order chi connectivity index (χ1) is 9.78. The Labute approximate surface area is 119 Å². The van der Waals surface area contributed by atoms with E-state index in [2.05, 4.69) is 10.7 Å². The number of carbonyl (C=O) groups excluding carboxylic acids is 1. The van der Waals surface area contributed by atoms with E-state index in [1.807, 2.05) is 54.6 Å². The molecule has 4 N–H and O–H groups in total. The first-order valence-electron chi connectivity index (χ1n) is 6.64. The maximum Gasteiger partial charge on any atom is 0.224 e. The number of carbonyl (C=O) groups is 1. The number of rotatable bonds is 6. The van der Waals surface area contributed by atoms with Crippen LogP contribution in [0.25, 0.3) is 0 Å². The van der Waals surface area contributed by atoms with Gasteiger partial charge in [-0.15, -0.1) is 0 Å². The van der Waals surface area contributed by atoms with Crippen LogP contribution in [0.5, 0.6) is 0 Å². The molecule has 0 aliphatic heterocycles. The second kappa shape index (κ2) is 7.31. The number of benzene rings is 2. The molecule has 1 amide bonds. The average Bonchev–Trinajstić information content (AvgIpc) is 2.49. The van der Waals surface area contributed by atoms with Crippen molar-refractivity contribution in [2.75, 3.05) is 12.0 Å². The normalized spacial score (nSPS) is 10.1. The number of nitrogens with two attached hydrogens (primary N) is 1. The lowest BCUT2D eigenvalue weighted by molar-refractivity contribution is -0.120. The molecule has 0 heterocycles. The van der Waals surface area contributed by atoms with Crippen molar-refractivity contribution in [2.45, 2.75) is 12.8 Å². The monoisotopic (exact) mass is 269 g/mol. The van der Waals surface area contributed by atoms with Crippen molar-refractivity contribution in [1.82, 2.24) is 5.32 Å². The first-order valence-corrected chi connectivity index (χ1v) is 6.64. The molecule has 2 rings (SSSR count). The van der Waals surface area contributed by atoms with Gasteiger partial charge in [-0.3, -0.25) is 10.6 Å². The SMILES string of the molecule is NNc1ccc(CCNC(=O)Cc2ccccc2)cc1. The van der Waals surface area contributed by atoms with E-state index in [-0.39, 0.29) is 5.91 Å². The van der Waals surface area contributed by atoms with Gasteiger partial charge in [0.15, 0.2) is 0 Å². The van der Waals surface area contributed by atoms with Gasteiger partial charge in [-0.05, 0) is 29.7 Å². The molecule has 0 aromatic heterocycles. The summed E-state index contributed by atoms with van der Waals surface area (Å²) in [6.07, 6.45) is 1.24. The number of hydrogen-bond acceptors (Lipinski definition) is 3. The second-order valence-corrected chi connectivity index (χ2v) is 4.60. The van der Waals surface area contributed by atoms with Crippen molar-refractivity contribution in [3.8, 4) is 0 Å². The van der Waals surface area contributed by atoms with E-state index >= 15 is 0 Å². The van der Waals surface area contributed by atoms with Crippen LogP contribution in [0.2, 0.25) is 0 Å². The number of amides is 1. The van der Waals surface area contributed by atoms with Gasteiger partial charge in [0, 0.05) is 12.2 Å². The number of hydrazine groups is 1. The van der Waals surface area contributed by atoms with Crippen molar-refractivity contribution in [1.29, 1.82) is 0 Å². The maximum absolute atomic E-state index is 11.8. The number of nitrogen functional groups attached to an aromatic ring is 1. The lowest BCUT2D eigenvalue weighted by atomic mass is 10.1. The van der Waals surface area contributed by atoms with Crippen LogP contribution in [0, 0.1) is 0 Å². The molecule has 2 aromatic rings. The van der Waals surface area contributed by atoms with Gasteiger partial charge in [-0.2, -0.15) is 0 Å². The van der Waals surface area contributed by atoms with Gasteiger partial charge in [0.05, 0.1) is 6.42 Å². The highest BCUT2D eigenvalue weighted by Crippen LogP contribution is 2.08. The fourth-order valence-corrected chi connectivity index (χ4v) is 1.96. The molecule has 0 radical (unpaired) electrons. The summed E-state index contributed by atoms with van der Waals surface area (Å²) in [6, 6.07) is 17.6. The third-order valence-corrected chi connectivity index (χ3v) is 3.06. The minimum atomic E-state index is 0.0523. The molecule has 4 nitrogen and oxygen atoms in total. The van der Waals surface area contributed by atoms with Crippen LogP contribution in [0.1, 0.15) is 11.1 Å². The molecule has 0 bridgehead atoms. The molecule has 2 aromatic carbocycles. The van der Waals surface area contributed by atoms with Crippen LogP contribution in [0.4, 0.5) is 5.69 Å². The van der Waals surface area contributed by atoms with Crippen LogP contribution in [0.3, 0.4) is 0 Å². The summed E-state index contributed by atoms with van der Waals surface area (Å²) in [5, 5.41) is 2.93. The fraction of sp³-hybridized carbons (Fsp3) is 0.188. The van der Waals surface area contributed by atoms with Crippen molar-refractivity contribution >= 4 is 11.6 Å². The van der Waals surface area contributed by atoms with Gasteiger partial charge in [-0.25, -0.2) is 0 Å². The highest BCUT2D eigenvalue weighted by atomic mass is 16.1. The summed E-state index contributed by atoms with van der Waals surface area (Å²) in [5.74, 6) is 5.36. The minimum Gasteiger partial charge on any atom is -0.355 e. The van der Waals surface area contributed by atoms with Crippen molar-refractivity contribution in [2.24, 2.45) is 5.84 Å². The van der Waals surface area contributed by atoms with E-state index < -0.39 is 0 Å². The van der Waals surface area contributed by atoms with Crippen LogP contribution < -0.4 is 16.6 Å². The molecule has 0 atom stereocenters. The Bertz CT molecular complexity index is 537. The fourth-order valence-electron chi connectivity index (χ4n) is 1.96. The Hall–Kier alpha value is -2.33. The summed E-state index contributed by atoms with van der Waals surface area (Å²) >= 11 is 0. The molecule has 0 saturated carbocycles. The number of anilines is 1. The predicted octanol–water partition coefficient (Wildman–Crippen LogP) is 1.87. The second-order valence-electron chi connectivity index (χ2n) is 4.60. The van der Waals surface area contributed by atoms with E-state index in [1.165, 1.54) is 5.56 Å². The lowest BCUT2D eigenvalue weighted by Gasteiger charge is -2.06. The number of nitrogens with one attached hydrogen (secondary N) is 2. The Balaban J connectivity index is 1.73. The third kappa shape index (κ3) is 4.40. The number of hydrogen-bond donors (Lipinski definition) is 3. The van der Waals surface area contributed by atoms with E-state index in [0.717, 1.165) is 17.7 Å². The Morgan fingerprint density at radius 2 is 1.65 bits per heavy atom. The van der Waals surface area contributed by atoms with Crippen LogP contribution >= 0.6 is 0 Å². The van der Waals surface area contributed by atoms with Gasteiger partial charge in [0.25, 0.3) is 0 Å².